The molecular formula is C15H10N2O3. The fourth-order valence-electron chi connectivity index (χ4n) is 2.62. The van der Waals surface area contributed by atoms with E-state index in [1.54, 1.807) is 18.2 Å². The van der Waals surface area contributed by atoms with E-state index in [9.17, 15) is 15.2 Å². The molecule has 0 aromatic heterocycles. The molecule has 0 fully saturated rings. The number of phenolic OH excluding ortho intramolecular Hbond substituents is 1. The SMILES string of the molecule is N#Cc1c2cc(O)c(N)c1-c1ccc-2cc1CC(=O)O. The Hall–Kier alpha value is -3.00. The van der Waals surface area contributed by atoms with Gasteiger partial charge in [-0.2, -0.15) is 5.26 Å². The number of rotatable bonds is 2. The Morgan fingerprint density at radius 2 is 2.05 bits per heavy atom. The Labute approximate surface area is 114 Å². The smallest absolute Gasteiger partial charge is 0.307 e. The third-order valence-electron chi connectivity index (χ3n) is 3.48. The van der Waals surface area contributed by atoms with Crippen LogP contribution in [0.5, 0.6) is 5.75 Å². The maximum absolute atomic E-state index is 11.0. The second-order valence-corrected chi connectivity index (χ2v) is 4.66. The normalized spacial score (nSPS) is 10.9. The number of fused-ring (bicyclic) bond motifs is 2. The van der Waals surface area contributed by atoms with Gasteiger partial charge in [0.1, 0.15) is 11.8 Å². The van der Waals surface area contributed by atoms with Crippen LogP contribution in [0.2, 0.25) is 0 Å². The minimum absolute atomic E-state index is 0.0994. The number of nitriles is 1. The van der Waals surface area contributed by atoms with Gasteiger partial charge in [-0.05, 0) is 28.8 Å². The van der Waals surface area contributed by atoms with Crippen molar-refractivity contribution in [3.05, 3.63) is 35.4 Å². The van der Waals surface area contributed by atoms with Crippen LogP contribution < -0.4 is 5.73 Å². The Kier molecular flexibility index (Phi) is 2.41. The van der Waals surface area contributed by atoms with Gasteiger partial charge in [0.15, 0.2) is 0 Å². The molecule has 0 amide bonds. The molecule has 0 saturated carbocycles. The summed E-state index contributed by atoms with van der Waals surface area (Å²) in [7, 11) is 0. The molecule has 0 saturated heterocycles. The molecule has 2 aromatic carbocycles. The van der Waals surface area contributed by atoms with Crippen molar-refractivity contribution in [3.63, 3.8) is 0 Å². The highest BCUT2D eigenvalue weighted by atomic mass is 16.4. The Balaban J connectivity index is 2.42. The van der Waals surface area contributed by atoms with Crippen LogP contribution in [0, 0.1) is 11.3 Å². The number of nitrogen functional groups attached to an aromatic ring is 1. The molecule has 98 valence electrons. The first-order valence-electron chi connectivity index (χ1n) is 5.94. The first kappa shape index (κ1) is 12.1. The summed E-state index contributed by atoms with van der Waals surface area (Å²) in [6.45, 7) is 0. The van der Waals surface area contributed by atoms with Crippen molar-refractivity contribution in [3.8, 4) is 34.1 Å². The standard InChI is InChI=1S/C15H10N2O3/c16-6-11-10-5-12(18)15(17)14(11)9-2-1-7(10)3-8(9)4-13(19)20/h1-3,5,18H,4,17H2,(H,19,20). The quantitative estimate of drug-likeness (QED) is 0.486. The molecule has 4 rings (SSSR count). The fraction of sp³-hybridized carbons (Fsp3) is 0.0667. The molecule has 20 heavy (non-hydrogen) atoms. The summed E-state index contributed by atoms with van der Waals surface area (Å²) in [6, 6.07) is 8.80. The highest BCUT2D eigenvalue weighted by molar-refractivity contribution is 5.97. The average Bonchev–Trinajstić information content (AvgIpc) is 2.57. The van der Waals surface area contributed by atoms with Crippen LogP contribution in [-0.2, 0) is 11.2 Å². The van der Waals surface area contributed by atoms with E-state index < -0.39 is 5.97 Å². The summed E-state index contributed by atoms with van der Waals surface area (Å²) in [5.74, 6) is -1.06. The largest absolute Gasteiger partial charge is 0.506 e. The van der Waals surface area contributed by atoms with Crippen LogP contribution in [0.15, 0.2) is 24.3 Å². The van der Waals surface area contributed by atoms with Crippen molar-refractivity contribution in [2.45, 2.75) is 6.42 Å². The number of carboxylic acid groups (broad SMARTS) is 1. The van der Waals surface area contributed by atoms with E-state index in [4.69, 9.17) is 10.8 Å². The number of nitrogens with zero attached hydrogens (tertiary/aromatic N) is 1. The summed E-state index contributed by atoms with van der Waals surface area (Å²) < 4.78 is 0. The van der Waals surface area contributed by atoms with Crippen molar-refractivity contribution < 1.29 is 15.0 Å². The zero-order valence-corrected chi connectivity index (χ0v) is 10.3. The number of nitrogens with two attached hydrogens (primary N) is 1. The van der Waals surface area contributed by atoms with Gasteiger partial charge in [-0.3, -0.25) is 4.79 Å². The second-order valence-electron chi connectivity index (χ2n) is 4.66. The van der Waals surface area contributed by atoms with Crippen LogP contribution in [0.3, 0.4) is 0 Å². The van der Waals surface area contributed by atoms with Crippen LogP contribution in [-0.4, -0.2) is 16.2 Å². The number of benzene rings is 2. The van der Waals surface area contributed by atoms with Gasteiger partial charge in [-0.25, -0.2) is 0 Å². The molecule has 0 heterocycles. The summed E-state index contributed by atoms with van der Waals surface area (Å²) in [4.78, 5) is 11.0. The van der Waals surface area contributed by atoms with E-state index in [1.165, 1.54) is 6.07 Å². The monoisotopic (exact) mass is 266 g/mol. The number of carboxylic acids is 1. The van der Waals surface area contributed by atoms with E-state index in [2.05, 4.69) is 6.07 Å². The van der Waals surface area contributed by atoms with Crippen LogP contribution in [0.25, 0.3) is 22.3 Å². The van der Waals surface area contributed by atoms with Gasteiger partial charge in [0.25, 0.3) is 0 Å². The summed E-state index contributed by atoms with van der Waals surface area (Å²) in [5, 5.41) is 28.2. The van der Waals surface area contributed by atoms with E-state index in [0.29, 0.717) is 33.4 Å². The highest BCUT2D eigenvalue weighted by Crippen LogP contribution is 2.46. The van der Waals surface area contributed by atoms with Crippen molar-refractivity contribution >= 4 is 11.7 Å². The van der Waals surface area contributed by atoms with Crippen molar-refractivity contribution in [2.24, 2.45) is 0 Å². The summed E-state index contributed by atoms with van der Waals surface area (Å²) in [6.07, 6.45) is -0.160. The van der Waals surface area contributed by atoms with Crippen LogP contribution >= 0.6 is 0 Å². The number of anilines is 1. The van der Waals surface area contributed by atoms with E-state index in [1.807, 2.05) is 0 Å². The van der Waals surface area contributed by atoms with Gasteiger partial charge in [-0.15, -0.1) is 0 Å². The number of aromatic hydroxyl groups is 1. The van der Waals surface area contributed by atoms with E-state index >= 15 is 0 Å². The number of hydrogen-bond acceptors (Lipinski definition) is 4. The van der Waals surface area contributed by atoms with Crippen molar-refractivity contribution in [1.82, 2.24) is 0 Å². The number of carbonyl (C=O) groups is 1. The minimum Gasteiger partial charge on any atom is -0.506 e. The van der Waals surface area contributed by atoms with Crippen LogP contribution in [0.4, 0.5) is 5.69 Å². The lowest BCUT2D eigenvalue weighted by molar-refractivity contribution is -0.136. The van der Waals surface area contributed by atoms with E-state index in [0.717, 1.165) is 0 Å². The lowest BCUT2D eigenvalue weighted by Gasteiger charge is -2.11. The molecular weight excluding hydrogens is 256 g/mol. The maximum Gasteiger partial charge on any atom is 0.307 e. The van der Waals surface area contributed by atoms with E-state index in [-0.39, 0.29) is 17.9 Å². The van der Waals surface area contributed by atoms with Gasteiger partial charge < -0.3 is 15.9 Å². The van der Waals surface area contributed by atoms with Crippen molar-refractivity contribution in [2.75, 3.05) is 5.73 Å². The molecule has 5 nitrogen and oxygen atoms in total. The fourth-order valence-corrected chi connectivity index (χ4v) is 2.62. The number of hydrogen-bond donors (Lipinski definition) is 3. The Bertz CT molecular complexity index is 804. The highest BCUT2D eigenvalue weighted by Gasteiger charge is 2.25. The maximum atomic E-state index is 11.0. The van der Waals surface area contributed by atoms with Crippen LogP contribution in [0.1, 0.15) is 11.1 Å². The molecule has 5 heteroatoms. The first-order valence-corrected chi connectivity index (χ1v) is 5.94. The molecule has 4 N–H and O–H groups in total. The first-order chi connectivity index (χ1) is 9.52. The summed E-state index contributed by atoms with van der Waals surface area (Å²) >= 11 is 0. The van der Waals surface area contributed by atoms with Gasteiger partial charge in [0, 0.05) is 11.1 Å². The van der Waals surface area contributed by atoms with Gasteiger partial charge in [0.2, 0.25) is 0 Å². The molecule has 0 aliphatic heterocycles. The zero-order chi connectivity index (χ0) is 14.4. The lowest BCUT2D eigenvalue weighted by atomic mass is 9.94. The molecule has 0 radical (unpaired) electrons. The predicted octanol–water partition coefficient (Wildman–Crippen LogP) is 2.12. The topological polar surface area (TPSA) is 107 Å². The number of aliphatic carboxylic acids is 1. The zero-order valence-electron chi connectivity index (χ0n) is 10.3. The Morgan fingerprint density at radius 3 is 2.70 bits per heavy atom. The average molecular weight is 266 g/mol. The molecule has 2 aliphatic rings. The molecule has 4 bridgehead atoms. The molecule has 2 aromatic rings. The minimum atomic E-state index is -0.959. The third-order valence-corrected chi connectivity index (χ3v) is 3.48. The Morgan fingerprint density at radius 1 is 1.30 bits per heavy atom. The predicted molar refractivity (Wildman–Crippen MR) is 73.0 cm³/mol. The summed E-state index contributed by atoms with van der Waals surface area (Å²) in [5.41, 5.74) is 9.20. The lowest BCUT2D eigenvalue weighted by Crippen LogP contribution is -2.02. The van der Waals surface area contributed by atoms with Gasteiger partial charge >= 0.3 is 5.97 Å². The number of phenols is 1. The van der Waals surface area contributed by atoms with Gasteiger partial charge in [0.05, 0.1) is 17.7 Å². The third kappa shape index (κ3) is 1.52. The van der Waals surface area contributed by atoms with Gasteiger partial charge in [-0.1, -0.05) is 12.1 Å². The molecule has 0 unspecified atom stereocenters. The van der Waals surface area contributed by atoms with Crippen molar-refractivity contribution in [1.29, 1.82) is 5.26 Å². The second kappa shape index (κ2) is 4.00. The molecule has 0 spiro atoms. The molecule has 2 aliphatic carbocycles. The molecule has 0 atom stereocenters.